The topological polar surface area (TPSA) is 100 Å². The predicted molar refractivity (Wildman–Crippen MR) is 157 cm³/mol. The van der Waals surface area contributed by atoms with Crippen LogP contribution in [0.25, 0.3) is 17.4 Å². The van der Waals surface area contributed by atoms with Crippen molar-refractivity contribution in [3.63, 3.8) is 0 Å². The van der Waals surface area contributed by atoms with E-state index in [0.29, 0.717) is 42.7 Å². The van der Waals surface area contributed by atoms with Gasteiger partial charge < -0.3 is 13.9 Å². The molecule has 0 radical (unpaired) electrons. The number of carbonyl (C=O) groups excluding carboxylic acids is 2. The van der Waals surface area contributed by atoms with Gasteiger partial charge in [0.05, 0.1) is 40.1 Å². The first-order chi connectivity index (χ1) is 20.1. The van der Waals surface area contributed by atoms with Gasteiger partial charge in [-0.05, 0) is 75.7 Å². The Kier molecular flexibility index (Phi) is 8.29. The number of thiazole rings is 1. The number of nitrogens with zero attached hydrogens (tertiary/aromatic N) is 2. The molecule has 0 N–H and O–H groups in total. The van der Waals surface area contributed by atoms with Crippen molar-refractivity contribution in [1.29, 1.82) is 0 Å². The minimum atomic E-state index is -0.865. The van der Waals surface area contributed by atoms with E-state index in [1.165, 1.54) is 28.8 Å². The second-order valence-corrected chi connectivity index (χ2v) is 11.1. The number of allylic oxidation sites excluding steroid dienone is 1. The Hall–Kier alpha value is -4.28. The van der Waals surface area contributed by atoms with E-state index in [1.807, 2.05) is 0 Å². The largest absolute Gasteiger partial charge is 0.463 e. The highest BCUT2D eigenvalue weighted by molar-refractivity contribution is 7.07. The molecule has 2 aromatic heterocycles. The Labute approximate surface area is 249 Å². The zero-order chi connectivity index (χ0) is 30.1. The van der Waals surface area contributed by atoms with Crippen LogP contribution >= 0.6 is 22.9 Å². The first kappa shape index (κ1) is 29.2. The number of hydrogen-bond acceptors (Lipinski definition) is 8. The number of furan rings is 1. The van der Waals surface area contributed by atoms with Crippen LogP contribution in [0.5, 0.6) is 0 Å². The highest BCUT2D eigenvalue weighted by atomic mass is 35.5. The van der Waals surface area contributed by atoms with Crippen molar-refractivity contribution in [3.8, 4) is 11.3 Å². The predicted octanol–water partition coefficient (Wildman–Crippen LogP) is 5.42. The van der Waals surface area contributed by atoms with Crippen molar-refractivity contribution in [1.82, 2.24) is 4.57 Å². The lowest BCUT2D eigenvalue weighted by atomic mass is 9.96. The van der Waals surface area contributed by atoms with Gasteiger partial charge in [0.15, 0.2) is 4.80 Å². The Morgan fingerprint density at radius 3 is 2.57 bits per heavy atom. The number of aromatic nitrogens is 1. The van der Waals surface area contributed by atoms with Gasteiger partial charge in [-0.2, -0.15) is 0 Å². The smallest absolute Gasteiger partial charge is 0.339 e. The molecule has 4 aromatic rings. The van der Waals surface area contributed by atoms with Gasteiger partial charge in [0.1, 0.15) is 17.3 Å². The molecule has 42 heavy (non-hydrogen) atoms. The van der Waals surface area contributed by atoms with Crippen LogP contribution in [-0.2, 0) is 14.3 Å². The summed E-state index contributed by atoms with van der Waals surface area (Å²) in [4.78, 5) is 44.4. The van der Waals surface area contributed by atoms with Crippen LogP contribution in [0.3, 0.4) is 0 Å². The molecule has 0 saturated carbocycles. The van der Waals surface area contributed by atoms with Gasteiger partial charge in [0, 0.05) is 16.7 Å². The lowest BCUT2D eigenvalue weighted by Gasteiger charge is -2.24. The quantitative estimate of drug-likeness (QED) is 0.260. The molecule has 2 aromatic carbocycles. The van der Waals surface area contributed by atoms with Gasteiger partial charge in [-0.15, -0.1) is 0 Å². The maximum absolute atomic E-state index is 13.8. The van der Waals surface area contributed by atoms with E-state index in [-0.39, 0.29) is 23.8 Å². The first-order valence-corrected chi connectivity index (χ1v) is 14.3. The second-order valence-electron chi connectivity index (χ2n) is 9.70. The summed E-state index contributed by atoms with van der Waals surface area (Å²) in [5.41, 5.74) is 1.45. The van der Waals surface area contributed by atoms with Crippen LogP contribution < -0.4 is 14.9 Å². The molecular formula is C31H26ClFN2O6S. The number of halogens is 2. The fourth-order valence-corrected chi connectivity index (χ4v) is 5.83. The molecule has 11 heteroatoms. The Morgan fingerprint density at radius 2 is 1.88 bits per heavy atom. The van der Waals surface area contributed by atoms with E-state index in [9.17, 15) is 18.8 Å². The van der Waals surface area contributed by atoms with Gasteiger partial charge in [0.2, 0.25) is 0 Å². The summed E-state index contributed by atoms with van der Waals surface area (Å²) in [6.45, 7) is 7.01. The highest BCUT2D eigenvalue weighted by Gasteiger charge is 2.33. The molecule has 1 aliphatic heterocycles. The molecule has 3 heterocycles. The van der Waals surface area contributed by atoms with E-state index in [4.69, 9.17) is 25.5 Å². The van der Waals surface area contributed by atoms with Crippen molar-refractivity contribution in [2.75, 3.05) is 6.61 Å². The van der Waals surface area contributed by atoms with Gasteiger partial charge in [-0.1, -0.05) is 35.1 Å². The molecule has 0 aliphatic carbocycles. The molecule has 0 unspecified atom stereocenters. The van der Waals surface area contributed by atoms with E-state index >= 15 is 0 Å². The van der Waals surface area contributed by atoms with E-state index < -0.39 is 29.4 Å². The van der Waals surface area contributed by atoms with Crippen molar-refractivity contribution < 1.29 is 27.9 Å². The van der Waals surface area contributed by atoms with Crippen LogP contribution in [0.2, 0.25) is 5.02 Å². The van der Waals surface area contributed by atoms with Gasteiger partial charge in [-0.3, -0.25) is 9.36 Å². The van der Waals surface area contributed by atoms with E-state index in [1.54, 1.807) is 64.1 Å². The Bertz CT molecular complexity index is 1900. The lowest BCUT2D eigenvalue weighted by molar-refractivity contribution is -0.139. The molecule has 0 fully saturated rings. The zero-order valence-corrected chi connectivity index (χ0v) is 24.7. The summed E-state index contributed by atoms with van der Waals surface area (Å²) in [6, 6.07) is 12.8. The standard InChI is InChI=1S/C31H26ClFN2O6S/c1-5-39-30(38)26-17(4)34-31-35(27(26)18-6-9-20(33)10-7-18)28(36)25(42-31)15-21-11-13-24(41-21)23-14-19(32)8-12-22(23)29(37)40-16(2)3/h6-16,27H,5H2,1-4H3/b25-15+/t27-/m0/s1. The van der Waals surface area contributed by atoms with Crippen LogP contribution in [0.15, 0.2) is 80.1 Å². The third-order valence-corrected chi connectivity index (χ3v) is 7.63. The number of fused-ring (bicyclic) bond motifs is 1. The van der Waals surface area contributed by atoms with Crippen molar-refractivity contribution in [2.24, 2.45) is 4.99 Å². The summed E-state index contributed by atoms with van der Waals surface area (Å²) in [5.74, 6) is -0.865. The number of carbonyl (C=O) groups is 2. The number of ether oxygens (including phenoxy) is 2. The summed E-state index contributed by atoms with van der Waals surface area (Å²) in [6.07, 6.45) is 1.25. The van der Waals surface area contributed by atoms with Crippen LogP contribution in [0.4, 0.5) is 4.39 Å². The second kappa shape index (κ2) is 11.9. The molecule has 1 aliphatic rings. The molecule has 0 saturated heterocycles. The summed E-state index contributed by atoms with van der Waals surface area (Å²) < 4.78 is 32.1. The fraction of sp³-hybridized carbons (Fsp3) is 0.226. The monoisotopic (exact) mass is 608 g/mol. The van der Waals surface area contributed by atoms with Gasteiger partial charge in [-0.25, -0.2) is 19.0 Å². The molecule has 1 atom stereocenters. The third-order valence-electron chi connectivity index (χ3n) is 6.41. The molecule has 5 rings (SSSR count). The van der Waals surface area contributed by atoms with Crippen molar-refractivity contribution in [2.45, 2.75) is 39.8 Å². The Balaban J connectivity index is 1.60. The van der Waals surface area contributed by atoms with Crippen LogP contribution in [0.1, 0.15) is 55.4 Å². The average Bonchev–Trinajstić information content (AvgIpc) is 3.52. The van der Waals surface area contributed by atoms with Crippen molar-refractivity contribution >= 4 is 41.0 Å². The molecule has 8 nitrogen and oxygen atoms in total. The molecule has 0 amide bonds. The third kappa shape index (κ3) is 5.73. The van der Waals surface area contributed by atoms with E-state index in [0.717, 1.165) is 11.3 Å². The van der Waals surface area contributed by atoms with Gasteiger partial charge >= 0.3 is 11.9 Å². The van der Waals surface area contributed by atoms with Crippen LogP contribution in [-0.4, -0.2) is 29.2 Å². The number of rotatable bonds is 7. The number of esters is 2. The minimum Gasteiger partial charge on any atom is -0.463 e. The SMILES string of the molecule is CCOC(=O)C1=C(C)N=c2s/c(=C/c3ccc(-c4cc(Cl)ccc4C(=O)OC(C)C)o3)c(=O)n2[C@H]1c1ccc(F)cc1. The lowest BCUT2D eigenvalue weighted by Crippen LogP contribution is -2.39. The number of hydrogen-bond donors (Lipinski definition) is 0. The normalized spacial score (nSPS) is 15.0. The van der Waals surface area contributed by atoms with Gasteiger partial charge in [0.25, 0.3) is 5.56 Å². The molecule has 0 spiro atoms. The average molecular weight is 609 g/mol. The zero-order valence-electron chi connectivity index (χ0n) is 23.1. The Morgan fingerprint density at radius 1 is 1.14 bits per heavy atom. The maximum atomic E-state index is 13.8. The minimum absolute atomic E-state index is 0.139. The summed E-state index contributed by atoms with van der Waals surface area (Å²) in [5, 5.41) is 0.408. The fourth-order valence-electron chi connectivity index (χ4n) is 4.63. The number of benzene rings is 2. The van der Waals surface area contributed by atoms with E-state index in [2.05, 4.69) is 4.99 Å². The summed E-state index contributed by atoms with van der Waals surface area (Å²) >= 11 is 7.34. The highest BCUT2D eigenvalue weighted by Crippen LogP contribution is 2.32. The molecule has 0 bridgehead atoms. The summed E-state index contributed by atoms with van der Waals surface area (Å²) in [7, 11) is 0. The van der Waals surface area contributed by atoms with Crippen molar-refractivity contribution in [3.05, 3.63) is 113 Å². The first-order valence-electron chi connectivity index (χ1n) is 13.1. The van der Waals surface area contributed by atoms with Crippen LogP contribution in [0, 0.1) is 5.82 Å². The molecule has 216 valence electrons. The maximum Gasteiger partial charge on any atom is 0.339 e. The molecular weight excluding hydrogens is 583 g/mol.